The van der Waals surface area contributed by atoms with Crippen molar-refractivity contribution in [3.63, 3.8) is 0 Å². The maximum atomic E-state index is 13.1. The summed E-state index contributed by atoms with van der Waals surface area (Å²) in [5.41, 5.74) is 9.18. The summed E-state index contributed by atoms with van der Waals surface area (Å²) in [7, 11) is 0. The number of para-hydroxylation sites is 1. The van der Waals surface area contributed by atoms with Crippen molar-refractivity contribution in [2.75, 3.05) is 23.3 Å². The normalized spacial score (nSPS) is 17.3. The van der Waals surface area contributed by atoms with Gasteiger partial charge in [-0.15, -0.1) is 0 Å². The lowest BCUT2D eigenvalue weighted by atomic mass is 9.91. The molecule has 0 amide bonds. The zero-order chi connectivity index (χ0) is 25.1. The van der Waals surface area contributed by atoms with Gasteiger partial charge in [-0.3, -0.25) is 4.79 Å². The third-order valence-electron chi connectivity index (χ3n) is 6.55. The fourth-order valence-electron chi connectivity index (χ4n) is 4.76. The monoisotopic (exact) mass is 474 g/mol. The molecule has 0 saturated carbocycles. The number of nitrogens with zero attached hydrogens (tertiary/aromatic N) is 1. The smallest absolute Gasteiger partial charge is 0.337 e. The van der Waals surface area contributed by atoms with Crippen LogP contribution in [0.4, 0.5) is 11.6 Å². The first-order chi connectivity index (χ1) is 16.8. The van der Waals surface area contributed by atoms with E-state index in [4.69, 9.17) is 15.6 Å². The lowest BCUT2D eigenvalue weighted by Crippen LogP contribution is -2.37. The summed E-state index contributed by atoms with van der Waals surface area (Å²) in [5, 5.41) is 20.9. The number of hydrogen-bond acceptors (Lipinski definition) is 7. The van der Waals surface area contributed by atoms with Crippen LogP contribution in [0.1, 0.15) is 47.3 Å². The number of nitrogens with two attached hydrogens (primary N) is 1. The highest BCUT2D eigenvalue weighted by Gasteiger charge is 2.25. The van der Waals surface area contributed by atoms with E-state index in [1.54, 1.807) is 24.3 Å². The molecule has 1 aliphatic heterocycles. The third-order valence-corrected chi connectivity index (χ3v) is 6.55. The summed E-state index contributed by atoms with van der Waals surface area (Å²) < 4.78 is 6.36. The van der Waals surface area contributed by atoms with E-state index >= 15 is 0 Å². The van der Waals surface area contributed by atoms with Gasteiger partial charge in [-0.1, -0.05) is 18.2 Å². The summed E-state index contributed by atoms with van der Waals surface area (Å²) >= 11 is 0. The number of benzene rings is 2. The second-order valence-electron chi connectivity index (χ2n) is 8.99. The number of piperidine rings is 1. The molecule has 1 aromatic heterocycles. The van der Waals surface area contributed by atoms with E-state index in [1.807, 2.05) is 30.9 Å². The molecule has 2 atom stereocenters. The predicted molar refractivity (Wildman–Crippen MR) is 139 cm³/mol. The van der Waals surface area contributed by atoms with Gasteiger partial charge in [0.1, 0.15) is 5.58 Å². The molecule has 0 bridgehead atoms. The molecule has 3 aromatic rings. The average Bonchev–Trinajstić information content (AvgIpc) is 2.85. The number of fused-ring (bicyclic) bond motifs is 1. The number of nitrogens with one attached hydrogen (secondary N) is 2. The number of hydrogen-bond donors (Lipinski definition) is 4. The highest BCUT2D eigenvalue weighted by Crippen LogP contribution is 2.32. The molecule has 4 rings (SSSR count). The van der Waals surface area contributed by atoms with Crippen LogP contribution in [-0.4, -0.2) is 30.4 Å². The van der Waals surface area contributed by atoms with Crippen LogP contribution in [0, 0.1) is 18.3 Å². The van der Waals surface area contributed by atoms with Gasteiger partial charge in [-0.05, 0) is 62.2 Å². The van der Waals surface area contributed by atoms with Gasteiger partial charge in [0.05, 0.1) is 17.0 Å². The molecule has 5 N–H and O–H groups in total. The van der Waals surface area contributed by atoms with Crippen molar-refractivity contribution < 1.29 is 14.3 Å². The van der Waals surface area contributed by atoms with E-state index in [-0.39, 0.29) is 23.0 Å². The maximum absolute atomic E-state index is 13.1. The summed E-state index contributed by atoms with van der Waals surface area (Å²) in [4.78, 5) is 26.8. The van der Waals surface area contributed by atoms with Gasteiger partial charge >= 0.3 is 5.97 Å². The SMILES string of the molecule is Cc1cc(C(C)Nc2ccccc2C(=O)O)c2oc(N3CCCC(/C(C=N)=C/N)C3)cc(=O)c2c1. The Morgan fingerprint density at radius 1 is 1.31 bits per heavy atom. The van der Waals surface area contributed by atoms with Crippen LogP contribution in [0.15, 0.2) is 63.4 Å². The molecule has 2 unspecified atom stereocenters. The number of anilines is 2. The van der Waals surface area contributed by atoms with Crippen molar-refractivity contribution in [3.05, 3.63) is 81.2 Å². The molecule has 1 saturated heterocycles. The summed E-state index contributed by atoms with van der Waals surface area (Å²) in [6.07, 6.45) is 4.57. The Morgan fingerprint density at radius 2 is 2.09 bits per heavy atom. The Kier molecular flexibility index (Phi) is 6.91. The van der Waals surface area contributed by atoms with Gasteiger partial charge in [0.25, 0.3) is 0 Å². The quantitative estimate of drug-likeness (QED) is 0.365. The zero-order valence-electron chi connectivity index (χ0n) is 19.9. The molecule has 35 heavy (non-hydrogen) atoms. The molecule has 2 aromatic carbocycles. The van der Waals surface area contributed by atoms with E-state index in [9.17, 15) is 14.7 Å². The van der Waals surface area contributed by atoms with Crippen molar-refractivity contribution in [1.82, 2.24) is 0 Å². The first-order valence-electron chi connectivity index (χ1n) is 11.7. The molecule has 0 radical (unpaired) electrons. The molecule has 182 valence electrons. The number of aromatic carboxylic acids is 1. The van der Waals surface area contributed by atoms with E-state index < -0.39 is 5.97 Å². The fraction of sp³-hybridized carbons (Fsp3) is 0.296. The van der Waals surface area contributed by atoms with Gasteiger partial charge in [-0.2, -0.15) is 0 Å². The predicted octanol–water partition coefficient (Wildman–Crippen LogP) is 4.68. The standard InChI is InChI=1S/C27H30N4O4/c1-16-10-21(17(2)30-23-8-4-3-7-20(23)27(33)34)26-22(11-16)24(32)12-25(35-26)31-9-5-6-18(15-31)19(13-28)14-29/h3-4,7-8,10-14,17-18,28,30H,5-6,9,15,29H2,1-2H3,(H,33,34)/b19-14+,28-13?. The fourth-order valence-corrected chi connectivity index (χ4v) is 4.76. The van der Waals surface area contributed by atoms with E-state index in [2.05, 4.69) is 5.32 Å². The summed E-state index contributed by atoms with van der Waals surface area (Å²) in [6.45, 7) is 5.18. The molecule has 8 nitrogen and oxygen atoms in total. The molecule has 1 fully saturated rings. The Labute approximate surface area is 203 Å². The Hall–Kier alpha value is -4.07. The molecule has 1 aliphatic rings. The molecule has 8 heteroatoms. The minimum absolute atomic E-state index is 0.0952. The van der Waals surface area contributed by atoms with Crippen molar-refractivity contribution >= 4 is 34.7 Å². The number of carboxylic acids is 1. The molecular weight excluding hydrogens is 444 g/mol. The zero-order valence-corrected chi connectivity index (χ0v) is 19.9. The Bertz CT molecular complexity index is 1360. The van der Waals surface area contributed by atoms with Crippen LogP contribution in [0.2, 0.25) is 0 Å². The van der Waals surface area contributed by atoms with E-state index in [0.29, 0.717) is 29.1 Å². The van der Waals surface area contributed by atoms with Crippen molar-refractivity contribution in [3.8, 4) is 0 Å². The summed E-state index contributed by atoms with van der Waals surface area (Å²) in [5.74, 6) is -0.437. The first kappa shape index (κ1) is 24.1. The van der Waals surface area contributed by atoms with Crippen LogP contribution >= 0.6 is 0 Å². The van der Waals surface area contributed by atoms with Crippen LogP contribution in [0.3, 0.4) is 0 Å². The average molecular weight is 475 g/mol. The summed E-state index contributed by atoms with van der Waals surface area (Å²) in [6, 6.07) is 11.7. The minimum atomic E-state index is -1.02. The molecule has 0 spiro atoms. The van der Waals surface area contributed by atoms with Crippen molar-refractivity contribution in [2.45, 2.75) is 32.7 Å². The number of rotatable bonds is 7. The topological polar surface area (TPSA) is 133 Å². The van der Waals surface area contributed by atoms with Gasteiger partial charge in [0.2, 0.25) is 0 Å². The highest BCUT2D eigenvalue weighted by molar-refractivity contribution is 5.94. The van der Waals surface area contributed by atoms with Gasteiger partial charge in [0, 0.05) is 42.5 Å². The van der Waals surface area contributed by atoms with Crippen LogP contribution < -0.4 is 21.4 Å². The third kappa shape index (κ3) is 4.91. The van der Waals surface area contributed by atoms with Crippen molar-refractivity contribution in [1.29, 1.82) is 5.41 Å². The second-order valence-corrected chi connectivity index (χ2v) is 8.99. The number of aryl methyl sites for hydroxylation is 1. The number of carboxylic acid groups (broad SMARTS) is 1. The Morgan fingerprint density at radius 3 is 2.80 bits per heavy atom. The lowest BCUT2D eigenvalue weighted by Gasteiger charge is -2.33. The largest absolute Gasteiger partial charge is 0.478 e. The van der Waals surface area contributed by atoms with Gasteiger partial charge in [-0.25, -0.2) is 4.79 Å². The van der Waals surface area contributed by atoms with Crippen LogP contribution in [-0.2, 0) is 0 Å². The van der Waals surface area contributed by atoms with Gasteiger partial charge < -0.3 is 30.9 Å². The Balaban J connectivity index is 1.75. The van der Waals surface area contributed by atoms with E-state index in [0.717, 1.165) is 36.1 Å². The van der Waals surface area contributed by atoms with E-state index in [1.165, 1.54) is 18.5 Å². The number of carbonyl (C=O) groups is 1. The molecule has 2 heterocycles. The highest BCUT2D eigenvalue weighted by atomic mass is 16.4. The van der Waals surface area contributed by atoms with Gasteiger partial charge in [0.15, 0.2) is 11.3 Å². The maximum Gasteiger partial charge on any atom is 0.337 e. The van der Waals surface area contributed by atoms with Crippen LogP contribution in [0.5, 0.6) is 0 Å². The molecular formula is C27H30N4O4. The minimum Gasteiger partial charge on any atom is -0.478 e. The molecule has 0 aliphatic carbocycles. The van der Waals surface area contributed by atoms with Crippen LogP contribution in [0.25, 0.3) is 11.0 Å². The lowest BCUT2D eigenvalue weighted by molar-refractivity contribution is 0.0698. The van der Waals surface area contributed by atoms with Crippen molar-refractivity contribution in [2.24, 2.45) is 11.7 Å². The first-order valence-corrected chi connectivity index (χ1v) is 11.7. The second kappa shape index (κ2) is 10.0.